The van der Waals surface area contributed by atoms with Crippen molar-refractivity contribution in [2.75, 3.05) is 10.6 Å². The fourth-order valence-corrected chi connectivity index (χ4v) is 2.91. The Balaban J connectivity index is 1.82. The second kappa shape index (κ2) is 8.46. The highest BCUT2D eigenvalue weighted by Gasteiger charge is 2.16. The number of carbonyl (C=O) groups excluding carboxylic acids is 2. The van der Waals surface area contributed by atoms with Gasteiger partial charge in [0.15, 0.2) is 5.69 Å². The van der Waals surface area contributed by atoms with Crippen molar-refractivity contribution < 1.29 is 14.0 Å². The van der Waals surface area contributed by atoms with Gasteiger partial charge in [-0.2, -0.15) is 0 Å². The first-order valence-electron chi connectivity index (χ1n) is 8.50. The minimum Gasteiger partial charge on any atom is -0.444 e. The minimum atomic E-state index is -0.426. The van der Waals surface area contributed by atoms with Crippen LogP contribution < -0.4 is 10.6 Å². The summed E-state index contributed by atoms with van der Waals surface area (Å²) in [5, 5.41) is 6.30. The predicted molar refractivity (Wildman–Crippen MR) is 110 cm³/mol. The Labute approximate surface area is 171 Å². The summed E-state index contributed by atoms with van der Waals surface area (Å²) in [5.74, 6) is -0.361. The third-order valence-electron chi connectivity index (χ3n) is 3.96. The van der Waals surface area contributed by atoms with Crippen LogP contribution in [0.15, 0.2) is 47.1 Å². The molecule has 0 bridgehead atoms. The Morgan fingerprint density at radius 2 is 1.86 bits per heavy atom. The van der Waals surface area contributed by atoms with Gasteiger partial charge < -0.3 is 15.1 Å². The molecule has 0 spiro atoms. The Morgan fingerprint density at radius 3 is 2.54 bits per heavy atom. The quantitative estimate of drug-likeness (QED) is 0.580. The van der Waals surface area contributed by atoms with Crippen molar-refractivity contribution >= 4 is 46.4 Å². The average molecular weight is 418 g/mol. The van der Waals surface area contributed by atoms with Crippen LogP contribution in [-0.2, 0) is 11.2 Å². The van der Waals surface area contributed by atoms with Crippen molar-refractivity contribution in [2.45, 2.75) is 20.3 Å². The van der Waals surface area contributed by atoms with E-state index in [1.54, 1.807) is 30.3 Å². The van der Waals surface area contributed by atoms with Gasteiger partial charge in [-0.25, -0.2) is 4.98 Å². The van der Waals surface area contributed by atoms with Gasteiger partial charge in [0.1, 0.15) is 6.26 Å². The first kappa shape index (κ1) is 19.9. The molecule has 2 aromatic carbocycles. The van der Waals surface area contributed by atoms with Crippen LogP contribution in [0.5, 0.6) is 0 Å². The van der Waals surface area contributed by atoms with Gasteiger partial charge in [0.05, 0.1) is 10.0 Å². The normalized spacial score (nSPS) is 10.6. The van der Waals surface area contributed by atoms with Crippen LogP contribution in [0.1, 0.15) is 29.9 Å². The minimum absolute atomic E-state index is 0.119. The van der Waals surface area contributed by atoms with Gasteiger partial charge in [-0.15, -0.1) is 0 Å². The van der Waals surface area contributed by atoms with Gasteiger partial charge >= 0.3 is 0 Å². The maximum Gasteiger partial charge on any atom is 0.277 e. The highest BCUT2D eigenvalue weighted by Crippen LogP contribution is 2.28. The van der Waals surface area contributed by atoms with Crippen molar-refractivity contribution in [3.8, 4) is 11.5 Å². The van der Waals surface area contributed by atoms with Crippen LogP contribution in [0.4, 0.5) is 11.4 Å². The second-order valence-corrected chi connectivity index (χ2v) is 6.84. The van der Waals surface area contributed by atoms with E-state index in [1.807, 2.05) is 13.0 Å². The van der Waals surface area contributed by atoms with E-state index in [0.717, 1.165) is 5.56 Å². The topological polar surface area (TPSA) is 84.2 Å². The number of aryl methyl sites for hydroxylation is 1. The van der Waals surface area contributed by atoms with E-state index in [9.17, 15) is 9.59 Å². The van der Waals surface area contributed by atoms with E-state index >= 15 is 0 Å². The fourth-order valence-electron chi connectivity index (χ4n) is 2.61. The van der Waals surface area contributed by atoms with E-state index < -0.39 is 5.91 Å². The molecule has 144 valence electrons. The van der Waals surface area contributed by atoms with Crippen molar-refractivity contribution in [3.63, 3.8) is 0 Å². The molecule has 28 heavy (non-hydrogen) atoms. The Morgan fingerprint density at radius 1 is 1.07 bits per heavy atom. The molecule has 0 radical (unpaired) electrons. The zero-order valence-electron chi connectivity index (χ0n) is 15.2. The first-order valence-corrected chi connectivity index (χ1v) is 9.25. The smallest absolute Gasteiger partial charge is 0.277 e. The van der Waals surface area contributed by atoms with E-state index in [-0.39, 0.29) is 17.5 Å². The average Bonchev–Trinajstić information content (AvgIpc) is 3.14. The molecule has 2 amide bonds. The number of hydrogen-bond donors (Lipinski definition) is 2. The highest BCUT2D eigenvalue weighted by molar-refractivity contribution is 6.42. The summed E-state index contributed by atoms with van der Waals surface area (Å²) >= 11 is 11.9. The SMILES string of the molecule is CCc1ccc(NC(C)=O)cc1NC(=O)c1coc(-c2ccc(Cl)c(Cl)c2)n1. The summed E-state index contributed by atoms with van der Waals surface area (Å²) in [5.41, 5.74) is 2.84. The van der Waals surface area contributed by atoms with E-state index in [0.29, 0.717) is 33.4 Å². The maximum absolute atomic E-state index is 12.6. The number of anilines is 2. The highest BCUT2D eigenvalue weighted by atomic mass is 35.5. The van der Waals surface area contributed by atoms with Crippen LogP contribution in [0.2, 0.25) is 10.0 Å². The summed E-state index contributed by atoms with van der Waals surface area (Å²) in [4.78, 5) is 28.1. The summed E-state index contributed by atoms with van der Waals surface area (Å²) in [7, 11) is 0. The standard InChI is InChI=1S/C20H17Cl2N3O3/c1-3-12-4-6-14(23-11(2)26)9-17(12)24-19(27)18-10-28-20(25-18)13-5-7-15(21)16(22)8-13/h4-10H,3H2,1-2H3,(H,23,26)(H,24,27). The molecule has 2 N–H and O–H groups in total. The maximum atomic E-state index is 12.6. The molecular weight excluding hydrogens is 401 g/mol. The molecule has 0 saturated heterocycles. The molecule has 0 aliphatic heterocycles. The molecule has 3 rings (SSSR count). The van der Waals surface area contributed by atoms with Crippen molar-refractivity contribution in [3.05, 3.63) is 64.0 Å². The van der Waals surface area contributed by atoms with Crippen molar-refractivity contribution in [2.24, 2.45) is 0 Å². The van der Waals surface area contributed by atoms with E-state index in [4.69, 9.17) is 27.6 Å². The van der Waals surface area contributed by atoms with Crippen LogP contribution in [0.25, 0.3) is 11.5 Å². The van der Waals surface area contributed by atoms with Crippen molar-refractivity contribution in [1.82, 2.24) is 4.98 Å². The number of hydrogen-bond acceptors (Lipinski definition) is 4. The molecule has 0 aliphatic rings. The molecular formula is C20H17Cl2N3O3. The lowest BCUT2D eigenvalue weighted by atomic mass is 10.1. The first-order chi connectivity index (χ1) is 13.4. The number of nitrogens with zero attached hydrogens (tertiary/aromatic N) is 1. The van der Waals surface area contributed by atoms with Crippen LogP contribution in [0.3, 0.4) is 0 Å². The lowest BCUT2D eigenvalue weighted by Crippen LogP contribution is -2.14. The number of amides is 2. The van der Waals surface area contributed by atoms with Crippen LogP contribution >= 0.6 is 23.2 Å². The third kappa shape index (κ3) is 4.52. The molecule has 3 aromatic rings. The predicted octanol–water partition coefficient (Wildman–Crippen LogP) is 5.42. The van der Waals surface area contributed by atoms with Gasteiger partial charge in [-0.3, -0.25) is 9.59 Å². The number of carbonyl (C=O) groups is 2. The zero-order chi connectivity index (χ0) is 20.3. The van der Waals surface area contributed by atoms with Gasteiger partial charge in [0.25, 0.3) is 5.91 Å². The number of halogens is 2. The van der Waals surface area contributed by atoms with Crippen molar-refractivity contribution in [1.29, 1.82) is 0 Å². The molecule has 0 unspecified atom stereocenters. The number of benzene rings is 2. The Hall–Kier alpha value is -2.83. The molecule has 0 saturated carbocycles. The van der Waals surface area contributed by atoms with Gasteiger partial charge in [-0.05, 0) is 42.3 Å². The van der Waals surface area contributed by atoms with Crippen LogP contribution in [-0.4, -0.2) is 16.8 Å². The largest absolute Gasteiger partial charge is 0.444 e. The Bertz CT molecular complexity index is 1050. The molecule has 1 aromatic heterocycles. The monoisotopic (exact) mass is 417 g/mol. The lowest BCUT2D eigenvalue weighted by molar-refractivity contribution is -0.114. The molecule has 1 heterocycles. The second-order valence-electron chi connectivity index (χ2n) is 6.03. The van der Waals surface area contributed by atoms with E-state index in [1.165, 1.54) is 13.2 Å². The van der Waals surface area contributed by atoms with Gasteiger partial charge in [-0.1, -0.05) is 36.2 Å². The summed E-state index contributed by atoms with van der Waals surface area (Å²) in [6.45, 7) is 3.40. The molecule has 0 fully saturated rings. The van der Waals surface area contributed by atoms with Gasteiger partial charge in [0, 0.05) is 23.9 Å². The molecule has 8 heteroatoms. The summed E-state index contributed by atoms with van der Waals surface area (Å²) in [6.07, 6.45) is 1.99. The lowest BCUT2D eigenvalue weighted by Gasteiger charge is -2.11. The summed E-state index contributed by atoms with van der Waals surface area (Å²) in [6, 6.07) is 10.3. The number of nitrogens with one attached hydrogen (secondary N) is 2. The summed E-state index contributed by atoms with van der Waals surface area (Å²) < 4.78 is 5.41. The fraction of sp³-hybridized carbons (Fsp3) is 0.150. The molecule has 6 nitrogen and oxygen atoms in total. The number of rotatable bonds is 5. The molecule has 0 aliphatic carbocycles. The van der Waals surface area contributed by atoms with Crippen LogP contribution in [0, 0.1) is 0 Å². The number of oxazole rings is 1. The van der Waals surface area contributed by atoms with Gasteiger partial charge in [0.2, 0.25) is 11.8 Å². The molecule has 0 atom stereocenters. The number of aromatic nitrogens is 1. The Kier molecular flexibility index (Phi) is 6.02. The third-order valence-corrected chi connectivity index (χ3v) is 4.70. The zero-order valence-corrected chi connectivity index (χ0v) is 16.7. The van der Waals surface area contributed by atoms with E-state index in [2.05, 4.69) is 15.6 Å².